The molecule has 0 radical (unpaired) electrons. The molecule has 0 saturated heterocycles. The highest BCUT2D eigenvalue weighted by Crippen LogP contribution is 2.25. The summed E-state index contributed by atoms with van der Waals surface area (Å²) < 4.78 is 13.6. The smallest absolute Gasteiger partial charge is 0.337 e. The molecule has 1 unspecified atom stereocenters. The monoisotopic (exact) mass is 242 g/mol. The third-order valence-electron chi connectivity index (χ3n) is 2.30. The van der Waals surface area contributed by atoms with Gasteiger partial charge in [0.15, 0.2) is 0 Å². The standard InChI is InChI=1S/C11H15FN2O3/c1-6(15)5-14(2)10-3-7(11(16)17)9(13)4-8(10)12/h3-4,6,15H,5,13H2,1-2H3,(H,16,17). The van der Waals surface area contributed by atoms with Crippen LogP contribution in [0.5, 0.6) is 0 Å². The van der Waals surface area contributed by atoms with Crippen LogP contribution in [0.25, 0.3) is 0 Å². The Balaban J connectivity index is 3.15. The van der Waals surface area contributed by atoms with Gasteiger partial charge in [0.1, 0.15) is 5.82 Å². The van der Waals surface area contributed by atoms with E-state index in [-0.39, 0.29) is 23.5 Å². The van der Waals surface area contributed by atoms with Gasteiger partial charge in [0, 0.05) is 19.3 Å². The summed E-state index contributed by atoms with van der Waals surface area (Å²) in [6, 6.07) is 2.13. The number of likely N-dealkylation sites (N-methyl/N-ethyl adjacent to an activating group) is 1. The normalized spacial score (nSPS) is 12.2. The van der Waals surface area contributed by atoms with Crippen molar-refractivity contribution in [1.29, 1.82) is 0 Å². The first-order chi connectivity index (χ1) is 7.82. The van der Waals surface area contributed by atoms with Crippen molar-refractivity contribution in [1.82, 2.24) is 0 Å². The predicted octanol–water partition coefficient (Wildman–Crippen LogP) is 0.923. The van der Waals surface area contributed by atoms with E-state index in [1.165, 1.54) is 4.90 Å². The summed E-state index contributed by atoms with van der Waals surface area (Å²) in [5.41, 5.74) is 5.22. The Bertz CT molecular complexity index is 435. The molecule has 0 amide bonds. The van der Waals surface area contributed by atoms with Crippen molar-refractivity contribution >= 4 is 17.3 Å². The van der Waals surface area contributed by atoms with Crippen LogP contribution in [0.1, 0.15) is 17.3 Å². The zero-order chi connectivity index (χ0) is 13.2. The quantitative estimate of drug-likeness (QED) is 0.683. The molecule has 1 rings (SSSR count). The minimum Gasteiger partial charge on any atom is -0.478 e. The van der Waals surface area contributed by atoms with Crippen molar-refractivity contribution in [3.05, 3.63) is 23.5 Å². The summed E-state index contributed by atoms with van der Waals surface area (Å²) in [7, 11) is 1.56. The lowest BCUT2D eigenvalue weighted by Gasteiger charge is -2.22. The topological polar surface area (TPSA) is 86.8 Å². The van der Waals surface area contributed by atoms with Crippen molar-refractivity contribution in [2.75, 3.05) is 24.2 Å². The third kappa shape index (κ3) is 3.07. The summed E-state index contributed by atoms with van der Waals surface area (Å²) in [6.45, 7) is 1.75. The molecule has 0 bridgehead atoms. The van der Waals surface area contributed by atoms with Crippen LogP contribution in [0.4, 0.5) is 15.8 Å². The van der Waals surface area contributed by atoms with Crippen LogP contribution in [-0.4, -0.2) is 35.9 Å². The van der Waals surface area contributed by atoms with E-state index in [0.29, 0.717) is 0 Å². The summed E-state index contributed by atoms with van der Waals surface area (Å²) in [5, 5.41) is 18.1. The first kappa shape index (κ1) is 13.2. The van der Waals surface area contributed by atoms with E-state index in [9.17, 15) is 14.3 Å². The molecule has 5 nitrogen and oxygen atoms in total. The van der Waals surface area contributed by atoms with E-state index in [4.69, 9.17) is 10.8 Å². The second-order valence-electron chi connectivity index (χ2n) is 3.93. The van der Waals surface area contributed by atoms with Gasteiger partial charge in [-0.3, -0.25) is 0 Å². The molecule has 94 valence electrons. The third-order valence-corrected chi connectivity index (χ3v) is 2.30. The number of carbonyl (C=O) groups is 1. The lowest BCUT2D eigenvalue weighted by Crippen LogP contribution is -2.28. The van der Waals surface area contributed by atoms with E-state index in [1.807, 2.05) is 0 Å². The molecule has 0 aliphatic carbocycles. The van der Waals surface area contributed by atoms with E-state index < -0.39 is 17.9 Å². The van der Waals surface area contributed by atoms with Gasteiger partial charge in [0.25, 0.3) is 0 Å². The number of hydrogen-bond acceptors (Lipinski definition) is 4. The summed E-state index contributed by atoms with van der Waals surface area (Å²) in [4.78, 5) is 12.3. The van der Waals surface area contributed by atoms with Gasteiger partial charge in [-0.1, -0.05) is 0 Å². The number of hydrogen-bond donors (Lipinski definition) is 3. The number of nitrogens with two attached hydrogens (primary N) is 1. The molecule has 1 aromatic carbocycles. The molecule has 4 N–H and O–H groups in total. The average Bonchev–Trinajstić information content (AvgIpc) is 2.15. The number of aliphatic hydroxyl groups excluding tert-OH is 1. The maximum absolute atomic E-state index is 13.6. The van der Waals surface area contributed by atoms with Gasteiger partial charge in [0.2, 0.25) is 0 Å². The van der Waals surface area contributed by atoms with Crippen LogP contribution in [0, 0.1) is 5.82 Å². The van der Waals surface area contributed by atoms with Crippen LogP contribution in [-0.2, 0) is 0 Å². The van der Waals surface area contributed by atoms with Crippen molar-refractivity contribution < 1.29 is 19.4 Å². The first-order valence-corrected chi connectivity index (χ1v) is 5.04. The van der Waals surface area contributed by atoms with Gasteiger partial charge in [0.05, 0.1) is 17.4 Å². The highest BCUT2D eigenvalue weighted by Gasteiger charge is 2.16. The lowest BCUT2D eigenvalue weighted by atomic mass is 10.1. The van der Waals surface area contributed by atoms with E-state index in [2.05, 4.69) is 0 Å². The van der Waals surface area contributed by atoms with E-state index >= 15 is 0 Å². The Morgan fingerprint density at radius 2 is 2.18 bits per heavy atom. The molecule has 1 atom stereocenters. The molecular formula is C11H15FN2O3. The molecule has 6 heteroatoms. The zero-order valence-corrected chi connectivity index (χ0v) is 9.64. The summed E-state index contributed by atoms with van der Waals surface area (Å²) in [6.07, 6.45) is -0.648. The molecule has 0 aromatic heterocycles. The molecule has 0 aliphatic heterocycles. The fourth-order valence-electron chi connectivity index (χ4n) is 1.55. The Morgan fingerprint density at radius 3 is 2.65 bits per heavy atom. The molecule has 0 spiro atoms. The minimum atomic E-state index is -1.21. The largest absolute Gasteiger partial charge is 0.478 e. The number of halogens is 1. The maximum atomic E-state index is 13.6. The number of aromatic carboxylic acids is 1. The van der Waals surface area contributed by atoms with Crippen LogP contribution < -0.4 is 10.6 Å². The number of rotatable bonds is 4. The number of aliphatic hydroxyl groups is 1. The second-order valence-corrected chi connectivity index (χ2v) is 3.93. The van der Waals surface area contributed by atoms with Crippen molar-refractivity contribution in [3.8, 4) is 0 Å². The van der Waals surface area contributed by atoms with Gasteiger partial charge in [-0.2, -0.15) is 0 Å². The van der Waals surface area contributed by atoms with Crippen molar-refractivity contribution in [2.45, 2.75) is 13.0 Å². The van der Waals surface area contributed by atoms with Crippen molar-refractivity contribution in [2.24, 2.45) is 0 Å². The Morgan fingerprint density at radius 1 is 1.59 bits per heavy atom. The van der Waals surface area contributed by atoms with Gasteiger partial charge in [-0.05, 0) is 19.1 Å². The summed E-state index contributed by atoms with van der Waals surface area (Å²) in [5.74, 6) is -1.83. The maximum Gasteiger partial charge on any atom is 0.337 e. The Kier molecular flexibility index (Phi) is 3.90. The highest BCUT2D eigenvalue weighted by molar-refractivity contribution is 5.95. The highest BCUT2D eigenvalue weighted by atomic mass is 19.1. The van der Waals surface area contributed by atoms with Gasteiger partial charge >= 0.3 is 5.97 Å². The molecular weight excluding hydrogens is 227 g/mol. The average molecular weight is 242 g/mol. The minimum absolute atomic E-state index is 0.0949. The molecule has 0 heterocycles. The van der Waals surface area contributed by atoms with E-state index in [1.54, 1.807) is 14.0 Å². The number of benzene rings is 1. The van der Waals surface area contributed by atoms with Crippen molar-refractivity contribution in [3.63, 3.8) is 0 Å². The van der Waals surface area contributed by atoms with E-state index in [0.717, 1.165) is 12.1 Å². The SMILES string of the molecule is CC(O)CN(C)c1cc(C(=O)O)c(N)cc1F. The van der Waals surface area contributed by atoms with Crippen LogP contribution >= 0.6 is 0 Å². The Labute approximate surface area is 98.3 Å². The Hall–Kier alpha value is -1.82. The number of nitrogens with zero attached hydrogens (tertiary/aromatic N) is 1. The number of carboxylic acid groups (broad SMARTS) is 1. The van der Waals surface area contributed by atoms with Crippen LogP contribution in [0.15, 0.2) is 12.1 Å². The number of nitrogen functional groups attached to an aromatic ring is 1. The molecule has 0 aliphatic rings. The van der Waals surface area contributed by atoms with Crippen LogP contribution in [0.3, 0.4) is 0 Å². The molecule has 17 heavy (non-hydrogen) atoms. The van der Waals surface area contributed by atoms with Gasteiger partial charge < -0.3 is 20.8 Å². The van der Waals surface area contributed by atoms with Gasteiger partial charge in [-0.25, -0.2) is 9.18 Å². The van der Waals surface area contributed by atoms with Gasteiger partial charge in [-0.15, -0.1) is 0 Å². The zero-order valence-electron chi connectivity index (χ0n) is 9.64. The fraction of sp³-hybridized carbons (Fsp3) is 0.364. The fourth-order valence-corrected chi connectivity index (χ4v) is 1.55. The molecule has 0 fully saturated rings. The number of carboxylic acids is 1. The lowest BCUT2D eigenvalue weighted by molar-refractivity contribution is 0.0698. The predicted molar refractivity (Wildman–Crippen MR) is 62.7 cm³/mol. The number of anilines is 2. The summed E-state index contributed by atoms with van der Waals surface area (Å²) >= 11 is 0. The second kappa shape index (κ2) is 5.01. The first-order valence-electron chi connectivity index (χ1n) is 5.04. The molecule has 1 aromatic rings. The van der Waals surface area contributed by atoms with Crippen LogP contribution in [0.2, 0.25) is 0 Å². The molecule has 0 saturated carbocycles.